The van der Waals surface area contributed by atoms with Gasteiger partial charge >= 0.3 is 5.97 Å². The normalized spacial score (nSPS) is 15.7. The average Bonchev–Trinajstić information content (AvgIpc) is 2.98. The van der Waals surface area contributed by atoms with Crippen LogP contribution in [0.25, 0.3) is 5.57 Å². The topological polar surface area (TPSA) is 55.4 Å². The minimum absolute atomic E-state index is 0.0455. The lowest BCUT2D eigenvalue weighted by atomic mass is 9.80. The largest absolute Gasteiger partial charge is 0.409 e. The highest BCUT2D eigenvalue weighted by atomic mass is 79.9. The fourth-order valence-corrected chi connectivity index (χ4v) is 5.76. The van der Waals surface area contributed by atoms with Gasteiger partial charge in [0.1, 0.15) is 5.54 Å². The predicted octanol–water partition coefficient (Wildman–Crippen LogP) is 8.10. The van der Waals surface area contributed by atoms with Gasteiger partial charge in [0.05, 0.1) is 11.0 Å². The van der Waals surface area contributed by atoms with Gasteiger partial charge in [0.2, 0.25) is 5.88 Å². The van der Waals surface area contributed by atoms with E-state index < -0.39 is 11.0 Å². The van der Waals surface area contributed by atoms with Gasteiger partial charge in [-0.3, -0.25) is 9.59 Å². The van der Waals surface area contributed by atoms with Gasteiger partial charge < -0.3 is 10.1 Å². The monoisotopic (exact) mass is 583 g/mol. The van der Waals surface area contributed by atoms with E-state index >= 15 is 0 Å². The van der Waals surface area contributed by atoms with E-state index in [1.165, 1.54) is 0 Å². The van der Waals surface area contributed by atoms with Crippen molar-refractivity contribution in [1.82, 2.24) is 5.32 Å². The zero-order valence-corrected chi connectivity index (χ0v) is 24.2. The summed E-state index contributed by atoms with van der Waals surface area (Å²) in [5.41, 5.74) is 0.941. The van der Waals surface area contributed by atoms with Crippen LogP contribution in [-0.2, 0) is 20.7 Å². The van der Waals surface area contributed by atoms with Crippen LogP contribution in [0, 0.1) is 5.41 Å². The number of esters is 1. The van der Waals surface area contributed by atoms with Crippen molar-refractivity contribution in [1.29, 1.82) is 0 Å². The van der Waals surface area contributed by atoms with Gasteiger partial charge in [0, 0.05) is 14.5 Å². The van der Waals surface area contributed by atoms with Gasteiger partial charge in [-0.05, 0) is 57.7 Å². The van der Waals surface area contributed by atoms with Gasteiger partial charge in [-0.15, -0.1) is 0 Å². The molecular weight excluding hydrogens is 546 g/mol. The Bertz CT molecular complexity index is 889. The van der Waals surface area contributed by atoms with Crippen LogP contribution in [0.2, 0.25) is 0 Å². The van der Waals surface area contributed by atoms with Gasteiger partial charge in [-0.2, -0.15) is 0 Å². The third-order valence-corrected chi connectivity index (χ3v) is 7.31. The fourth-order valence-electron chi connectivity index (χ4n) is 4.24. The molecular formula is C27H39Br2NO3. The van der Waals surface area contributed by atoms with Crippen LogP contribution < -0.4 is 5.32 Å². The van der Waals surface area contributed by atoms with Crippen molar-refractivity contribution in [3.63, 3.8) is 0 Å². The highest BCUT2D eigenvalue weighted by Gasteiger charge is 2.49. The lowest BCUT2D eigenvalue weighted by Crippen LogP contribution is -2.47. The molecule has 1 aromatic rings. The van der Waals surface area contributed by atoms with Gasteiger partial charge in [-0.1, -0.05) is 91.2 Å². The van der Waals surface area contributed by atoms with E-state index in [2.05, 4.69) is 57.9 Å². The maximum Gasteiger partial charge on any atom is 0.317 e. The van der Waals surface area contributed by atoms with E-state index in [0.29, 0.717) is 11.5 Å². The van der Waals surface area contributed by atoms with E-state index in [9.17, 15) is 9.59 Å². The van der Waals surface area contributed by atoms with Crippen molar-refractivity contribution in [3.05, 3.63) is 38.1 Å². The number of ether oxygens (including phenoxy) is 1. The molecule has 0 aliphatic carbocycles. The first-order valence-electron chi connectivity index (χ1n) is 12.3. The molecule has 33 heavy (non-hydrogen) atoms. The summed E-state index contributed by atoms with van der Waals surface area (Å²) in [6.45, 7) is 11.9. The number of carbonyl (C=O) groups excluding carboxylic acids is 2. The summed E-state index contributed by atoms with van der Waals surface area (Å²) in [6.07, 6.45) is 8.45. The van der Waals surface area contributed by atoms with Crippen LogP contribution in [0.3, 0.4) is 0 Å². The lowest BCUT2D eigenvalue weighted by Gasteiger charge is -2.30. The molecule has 184 valence electrons. The molecule has 0 unspecified atom stereocenters. The highest BCUT2D eigenvalue weighted by Crippen LogP contribution is 2.43. The first-order valence-corrected chi connectivity index (χ1v) is 13.9. The molecule has 1 heterocycles. The predicted molar refractivity (Wildman–Crippen MR) is 143 cm³/mol. The molecule has 0 spiro atoms. The van der Waals surface area contributed by atoms with Crippen molar-refractivity contribution in [2.75, 3.05) is 0 Å². The number of benzene rings is 1. The van der Waals surface area contributed by atoms with Gasteiger partial charge in [0.25, 0.3) is 0 Å². The van der Waals surface area contributed by atoms with Gasteiger partial charge in [0.15, 0.2) is 5.78 Å². The van der Waals surface area contributed by atoms with Crippen LogP contribution >= 0.6 is 31.9 Å². The van der Waals surface area contributed by atoms with Crippen LogP contribution in [0.4, 0.5) is 0 Å². The second-order valence-electron chi connectivity index (χ2n) is 10.1. The molecule has 0 saturated heterocycles. The molecule has 1 aliphatic rings. The summed E-state index contributed by atoms with van der Waals surface area (Å²) in [4.78, 5) is 27.1. The van der Waals surface area contributed by atoms with E-state index in [1.54, 1.807) is 0 Å². The number of nitrogens with one attached hydrogen (secondary N) is 1. The molecule has 0 bridgehead atoms. The summed E-state index contributed by atoms with van der Waals surface area (Å²) in [5.74, 6) is 0.00859. The standard InChI is InChI=1S/C27H39Br2NO3/c1-7-10-12-14-27(15-13-11-8-2)23(31)22(24(30-27)33-25(32)26(4,5)6)21-18(9-3)16-19(28)17-20(21)29/h16-17,30H,7-15H2,1-6H3. The number of halogens is 2. The SMILES string of the molecule is CCCCCC1(CCCCC)NC(OC(=O)C(C)(C)C)=C(c2c(Br)cc(Br)cc2CC)C1=O. The number of rotatable bonds is 11. The maximum atomic E-state index is 14.2. The van der Waals surface area contributed by atoms with Crippen molar-refractivity contribution in [3.8, 4) is 0 Å². The molecule has 1 aromatic carbocycles. The average molecular weight is 585 g/mol. The van der Waals surface area contributed by atoms with Crippen LogP contribution in [0.1, 0.15) is 104 Å². The van der Waals surface area contributed by atoms with Crippen molar-refractivity contribution >= 4 is 49.2 Å². The van der Waals surface area contributed by atoms with Gasteiger partial charge in [-0.25, -0.2) is 0 Å². The minimum atomic E-state index is -0.731. The second-order valence-corrected chi connectivity index (χ2v) is 11.8. The molecule has 0 aromatic heterocycles. The van der Waals surface area contributed by atoms with E-state index in [0.717, 1.165) is 77.9 Å². The Balaban J connectivity index is 2.64. The number of hydrogen-bond acceptors (Lipinski definition) is 4. The number of hydrogen-bond donors (Lipinski definition) is 1. The minimum Gasteiger partial charge on any atom is -0.409 e. The lowest BCUT2D eigenvalue weighted by molar-refractivity contribution is -0.149. The number of ketones is 1. The number of carbonyl (C=O) groups is 2. The molecule has 0 fully saturated rings. The molecule has 0 radical (unpaired) electrons. The molecule has 0 saturated carbocycles. The number of unbranched alkanes of at least 4 members (excludes halogenated alkanes) is 4. The van der Waals surface area contributed by atoms with E-state index in [1.807, 2.05) is 32.9 Å². The Morgan fingerprint density at radius 2 is 1.58 bits per heavy atom. The third-order valence-electron chi connectivity index (χ3n) is 6.23. The Hall–Kier alpha value is -1.14. The summed E-state index contributed by atoms with van der Waals surface area (Å²) < 4.78 is 7.71. The highest BCUT2D eigenvalue weighted by molar-refractivity contribution is 9.11. The first kappa shape index (κ1) is 28.1. The van der Waals surface area contributed by atoms with E-state index in [4.69, 9.17) is 4.74 Å². The fraction of sp³-hybridized carbons (Fsp3) is 0.630. The molecule has 0 atom stereocenters. The quantitative estimate of drug-likeness (QED) is 0.211. The Morgan fingerprint density at radius 3 is 2.06 bits per heavy atom. The second kappa shape index (κ2) is 12.0. The zero-order valence-electron chi connectivity index (χ0n) is 21.0. The first-order chi connectivity index (χ1) is 15.5. The molecule has 0 amide bonds. The summed E-state index contributed by atoms with van der Waals surface area (Å²) in [7, 11) is 0. The van der Waals surface area contributed by atoms with Crippen LogP contribution in [-0.4, -0.2) is 17.3 Å². The maximum absolute atomic E-state index is 14.2. The summed E-state index contributed by atoms with van der Waals surface area (Å²) >= 11 is 7.26. The molecule has 1 N–H and O–H groups in total. The molecule has 4 nitrogen and oxygen atoms in total. The van der Waals surface area contributed by atoms with Crippen molar-refractivity contribution in [2.24, 2.45) is 5.41 Å². The van der Waals surface area contributed by atoms with Crippen LogP contribution in [0.15, 0.2) is 27.0 Å². The molecule has 6 heteroatoms. The summed E-state index contributed by atoms with van der Waals surface area (Å²) in [5, 5.41) is 3.47. The summed E-state index contributed by atoms with van der Waals surface area (Å²) in [6, 6.07) is 3.99. The van der Waals surface area contributed by atoms with Crippen LogP contribution in [0.5, 0.6) is 0 Å². The Morgan fingerprint density at radius 1 is 1.00 bits per heavy atom. The third kappa shape index (κ3) is 6.72. The Labute approximate surface area is 216 Å². The van der Waals surface area contributed by atoms with Crippen molar-refractivity contribution in [2.45, 2.75) is 105 Å². The Kier molecular flexibility index (Phi) is 10.2. The van der Waals surface area contributed by atoms with E-state index in [-0.39, 0.29) is 11.8 Å². The van der Waals surface area contributed by atoms with Crippen molar-refractivity contribution < 1.29 is 14.3 Å². The molecule has 2 rings (SSSR count). The number of aryl methyl sites for hydroxylation is 1. The molecule has 1 aliphatic heterocycles. The number of Topliss-reactive ketones (excluding diaryl/α,β-unsaturated/α-hetero) is 1. The smallest absolute Gasteiger partial charge is 0.317 e. The zero-order chi connectivity index (χ0) is 24.8.